The molecule has 0 radical (unpaired) electrons. The minimum Gasteiger partial charge on any atom is -0.492 e. The number of nitrogens with one attached hydrogen (secondary N) is 2. The number of nitrogens with zero attached hydrogens (tertiary/aromatic N) is 2. The van der Waals surface area contributed by atoms with E-state index in [1.165, 1.54) is 12.1 Å². The molecule has 1 aromatic carbocycles. The summed E-state index contributed by atoms with van der Waals surface area (Å²) in [5, 5.41) is 6.54. The van der Waals surface area contributed by atoms with Gasteiger partial charge in [0.05, 0.1) is 12.1 Å². The van der Waals surface area contributed by atoms with Crippen LogP contribution in [0.5, 0.6) is 5.75 Å². The van der Waals surface area contributed by atoms with Crippen LogP contribution in [0.15, 0.2) is 29.3 Å². The van der Waals surface area contributed by atoms with Gasteiger partial charge in [0.2, 0.25) is 0 Å². The lowest BCUT2D eigenvalue weighted by molar-refractivity contribution is -0.137. The highest BCUT2D eigenvalue weighted by atomic mass is 127. The number of guanidine groups is 1. The Balaban J connectivity index is 0.00000392. The number of hydrogen-bond acceptors (Lipinski definition) is 3. The fraction of sp³-hybridized carbons (Fsp3) is 0.632. The Labute approximate surface area is 182 Å². The SMILES string of the molecule is CN=C(NCCOc1cccc(C(F)(F)F)c1)NC1CCN(C(C)C)CC1.I. The highest BCUT2D eigenvalue weighted by molar-refractivity contribution is 14.0. The van der Waals surface area contributed by atoms with E-state index in [1.54, 1.807) is 7.05 Å². The Kier molecular flexibility index (Phi) is 10.4. The van der Waals surface area contributed by atoms with Gasteiger partial charge < -0.3 is 20.3 Å². The highest BCUT2D eigenvalue weighted by Gasteiger charge is 2.30. The van der Waals surface area contributed by atoms with Crippen LogP contribution in [0, 0.1) is 0 Å². The second-order valence-corrected chi connectivity index (χ2v) is 6.92. The molecule has 0 saturated carbocycles. The van der Waals surface area contributed by atoms with Crippen LogP contribution in [0.1, 0.15) is 32.3 Å². The largest absolute Gasteiger partial charge is 0.492 e. The maximum atomic E-state index is 12.7. The number of aliphatic imine (C=N–C) groups is 1. The standard InChI is InChI=1S/C19H29F3N4O.HI/c1-14(2)26-10-7-16(8-11-26)25-18(23-3)24-9-12-27-17-6-4-5-15(13-17)19(20,21)22;/h4-6,13-14,16H,7-12H2,1-3H3,(H2,23,24,25);1H. The third-order valence-electron chi connectivity index (χ3n) is 4.65. The van der Waals surface area contributed by atoms with Crippen LogP contribution in [0.2, 0.25) is 0 Å². The topological polar surface area (TPSA) is 48.9 Å². The summed E-state index contributed by atoms with van der Waals surface area (Å²) < 4.78 is 43.5. The first kappa shape index (κ1) is 24.8. The van der Waals surface area contributed by atoms with E-state index < -0.39 is 11.7 Å². The van der Waals surface area contributed by atoms with Gasteiger partial charge in [-0.05, 0) is 44.9 Å². The monoisotopic (exact) mass is 514 g/mol. The molecule has 160 valence electrons. The van der Waals surface area contributed by atoms with Crippen LogP contribution < -0.4 is 15.4 Å². The normalized spacial score (nSPS) is 16.6. The highest BCUT2D eigenvalue weighted by Crippen LogP contribution is 2.31. The van der Waals surface area contributed by atoms with Crippen LogP contribution >= 0.6 is 24.0 Å². The predicted octanol–water partition coefficient (Wildman–Crippen LogP) is 3.74. The Bertz CT molecular complexity index is 617. The zero-order valence-corrected chi connectivity index (χ0v) is 18.9. The van der Waals surface area contributed by atoms with Crippen molar-refractivity contribution >= 4 is 29.9 Å². The van der Waals surface area contributed by atoms with Crippen molar-refractivity contribution in [3.05, 3.63) is 29.8 Å². The summed E-state index contributed by atoms with van der Waals surface area (Å²) in [6, 6.07) is 5.84. The molecule has 0 spiro atoms. The summed E-state index contributed by atoms with van der Waals surface area (Å²) in [4.78, 5) is 6.66. The maximum Gasteiger partial charge on any atom is 0.416 e. The van der Waals surface area contributed by atoms with E-state index >= 15 is 0 Å². The molecule has 0 bridgehead atoms. The molecule has 2 N–H and O–H groups in total. The molecule has 28 heavy (non-hydrogen) atoms. The van der Waals surface area contributed by atoms with Crippen LogP contribution in [0.3, 0.4) is 0 Å². The van der Waals surface area contributed by atoms with Gasteiger partial charge in [0.25, 0.3) is 0 Å². The summed E-state index contributed by atoms with van der Waals surface area (Å²) in [7, 11) is 1.70. The van der Waals surface area contributed by atoms with Gasteiger partial charge in [0.15, 0.2) is 5.96 Å². The van der Waals surface area contributed by atoms with Crippen molar-refractivity contribution < 1.29 is 17.9 Å². The van der Waals surface area contributed by atoms with E-state index in [-0.39, 0.29) is 36.3 Å². The van der Waals surface area contributed by atoms with Gasteiger partial charge in [0.1, 0.15) is 12.4 Å². The molecule has 0 unspecified atom stereocenters. The first-order chi connectivity index (χ1) is 12.8. The second kappa shape index (κ2) is 11.7. The van der Waals surface area contributed by atoms with Gasteiger partial charge in [-0.15, -0.1) is 24.0 Å². The molecule has 0 amide bonds. The third-order valence-corrected chi connectivity index (χ3v) is 4.65. The Morgan fingerprint density at radius 3 is 2.54 bits per heavy atom. The molecule has 1 aromatic rings. The molecular formula is C19H30F3IN4O. The number of halogens is 4. The molecule has 1 heterocycles. The van der Waals surface area contributed by atoms with Gasteiger partial charge in [0, 0.05) is 32.2 Å². The number of alkyl halides is 3. The van der Waals surface area contributed by atoms with Crippen molar-refractivity contribution in [3.63, 3.8) is 0 Å². The maximum absolute atomic E-state index is 12.7. The van der Waals surface area contributed by atoms with Crippen molar-refractivity contribution in [2.24, 2.45) is 4.99 Å². The smallest absolute Gasteiger partial charge is 0.416 e. The fourth-order valence-electron chi connectivity index (χ4n) is 3.05. The second-order valence-electron chi connectivity index (χ2n) is 6.92. The summed E-state index contributed by atoms with van der Waals surface area (Å²) in [5.74, 6) is 0.890. The van der Waals surface area contributed by atoms with E-state index in [2.05, 4.69) is 34.4 Å². The van der Waals surface area contributed by atoms with Crippen LogP contribution in [-0.4, -0.2) is 56.2 Å². The van der Waals surface area contributed by atoms with E-state index in [9.17, 15) is 13.2 Å². The molecule has 1 aliphatic heterocycles. The number of ether oxygens (including phenoxy) is 1. The molecule has 0 aromatic heterocycles. The first-order valence-electron chi connectivity index (χ1n) is 9.31. The van der Waals surface area contributed by atoms with Gasteiger partial charge in [-0.25, -0.2) is 0 Å². The van der Waals surface area contributed by atoms with Gasteiger partial charge in [-0.1, -0.05) is 6.07 Å². The average Bonchev–Trinajstić information content (AvgIpc) is 2.64. The zero-order valence-electron chi connectivity index (χ0n) is 16.6. The number of benzene rings is 1. The molecule has 1 saturated heterocycles. The fourth-order valence-corrected chi connectivity index (χ4v) is 3.05. The van der Waals surface area contributed by atoms with Crippen molar-refractivity contribution in [3.8, 4) is 5.75 Å². The molecule has 0 atom stereocenters. The van der Waals surface area contributed by atoms with Crippen LogP contribution in [0.25, 0.3) is 0 Å². The Hall–Kier alpha value is -1.23. The number of piperidine rings is 1. The minimum atomic E-state index is -4.37. The van der Waals surface area contributed by atoms with E-state index in [1.807, 2.05) is 0 Å². The third kappa shape index (κ3) is 8.02. The predicted molar refractivity (Wildman–Crippen MR) is 117 cm³/mol. The summed E-state index contributed by atoms with van der Waals surface area (Å²) in [6.07, 6.45) is -2.26. The number of rotatable bonds is 6. The number of likely N-dealkylation sites (tertiary alicyclic amines) is 1. The van der Waals surface area contributed by atoms with Crippen molar-refractivity contribution in [2.75, 3.05) is 33.3 Å². The van der Waals surface area contributed by atoms with Gasteiger partial charge in [-0.2, -0.15) is 13.2 Å². The Morgan fingerprint density at radius 1 is 1.29 bits per heavy atom. The van der Waals surface area contributed by atoms with E-state index in [0.29, 0.717) is 24.6 Å². The van der Waals surface area contributed by atoms with E-state index in [0.717, 1.165) is 38.1 Å². The van der Waals surface area contributed by atoms with E-state index in [4.69, 9.17) is 4.74 Å². The lowest BCUT2D eigenvalue weighted by atomic mass is 10.0. The molecule has 5 nitrogen and oxygen atoms in total. The molecule has 2 rings (SSSR count). The van der Waals surface area contributed by atoms with Crippen molar-refractivity contribution in [1.29, 1.82) is 0 Å². The van der Waals surface area contributed by atoms with Crippen LogP contribution in [-0.2, 0) is 6.18 Å². The number of hydrogen-bond donors (Lipinski definition) is 2. The first-order valence-corrected chi connectivity index (χ1v) is 9.31. The summed E-state index contributed by atoms with van der Waals surface area (Å²) in [5.41, 5.74) is -0.710. The van der Waals surface area contributed by atoms with Gasteiger partial charge in [-0.3, -0.25) is 4.99 Å². The van der Waals surface area contributed by atoms with Gasteiger partial charge >= 0.3 is 6.18 Å². The average molecular weight is 514 g/mol. The lowest BCUT2D eigenvalue weighted by Crippen LogP contribution is -2.50. The van der Waals surface area contributed by atoms with Crippen molar-refractivity contribution in [2.45, 2.75) is 44.9 Å². The Morgan fingerprint density at radius 2 is 1.96 bits per heavy atom. The zero-order chi connectivity index (χ0) is 19.9. The van der Waals surface area contributed by atoms with Crippen molar-refractivity contribution in [1.82, 2.24) is 15.5 Å². The summed E-state index contributed by atoms with van der Waals surface area (Å²) in [6.45, 7) is 7.22. The molecule has 1 aliphatic rings. The minimum absolute atomic E-state index is 0. The van der Waals surface area contributed by atoms with Crippen LogP contribution in [0.4, 0.5) is 13.2 Å². The quantitative estimate of drug-likeness (QED) is 0.263. The summed E-state index contributed by atoms with van der Waals surface area (Å²) >= 11 is 0. The molecule has 9 heteroatoms. The molecule has 0 aliphatic carbocycles. The molecule has 1 fully saturated rings. The molecular weight excluding hydrogens is 484 g/mol. The lowest BCUT2D eigenvalue weighted by Gasteiger charge is -2.35.